The van der Waals surface area contributed by atoms with E-state index in [2.05, 4.69) is 18.7 Å². The molecule has 0 spiro atoms. The Bertz CT molecular complexity index is 474. The maximum atomic E-state index is 14.5. The number of hydrogen-bond donors (Lipinski definition) is 1. The third-order valence-electron chi connectivity index (χ3n) is 5.01. The fourth-order valence-corrected chi connectivity index (χ4v) is 3.31. The van der Waals surface area contributed by atoms with Crippen molar-refractivity contribution in [3.05, 3.63) is 29.6 Å². The van der Waals surface area contributed by atoms with Gasteiger partial charge in [-0.15, -0.1) is 0 Å². The lowest BCUT2D eigenvalue weighted by atomic mass is 9.82. The highest BCUT2D eigenvalue weighted by Gasteiger charge is 2.38. The van der Waals surface area contributed by atoms with Gasteiger partial charge in [-0.3, -0.25) is 4.90 Å². The van der Waals surface area contributed by atoms with Crippen LogP contribution in [-0.2, 0) is 0 Å². The van der Waals surface area contributed by atoms with Crippen LogP contribution in [0.25, 0.3) is 0 Å². The molecule has 118 valence electrons. The highest BCUT2D eigenvalue weighted by molar-refractivity contribution is 5.34. The summed E-state index contributed by atoms with van der Waals surface area (Å²) in [6.07, 6.45) is 4.57. The van der Waals surface area contributed by atoms with E-state index in [0.29, 0.717) is 5.56 Å². The Labute approximate surface area is 127 Å². The van der Waals surface area contributed by atoms with E-state index in [0.717, 1.165) is 19.5 Å². The van der Waals surface area contributed by atoms with Gasteiger partial charge in [0.25, 0.3) is 0 Å². The first-order valence-electron chi connectivity index (χ1n) is 7.87. The molecule has 0 amide bonds. The summed E-state index contributed by atoms with van der Waals surface area (Å²) in [6, 6.07) is 4.86. The summed E-state index contributed by atoms with van der Waals surface area (Å²) in [7, 11) is 1.48. The Morgan fingerprint density at radius 3 is 2.57 bits per heavy atom. The summed E-state index contributed by atoms with van der Waals surface area (Å²) >= 11 is 0. The standard InChI is InChI=1S/C17H27FN2O/c1-4-17(2,20-11-6-5-7-12-20)16(19)13-9-8-10-14(21-3)15(13)18/h8-10,16H,4-7,11-12,19H2,1-3H3. The van der Waals surface area contributed by atoms with Gasteiger partial charge in [-0.25, -0.2) is 4.39 Å². The van der Waals surface area contributed by atoms with Crippen molar-refractivity contribution in [2.24, 2.45) is 5.73 Å². The molecule has 0 saturated carbocycles. The average Bonchev–Trinajstić information content (AvgIpc) is 2.54. The zero-order chi connectivity index (χ0) is 15.5. The van der Waals surface area contributed by atoms with E-state index in [1.807, 2.05) is 6.07 Å². The third-order valence-corrected chi connectivity index (χ3v) is 5.01. The molecule has 1 aromatic carbocycles. The van der Waals surface area contributed by atoms with Crippen molar-refractivity contribution in [2.75, 3.05) is 20.2 Å². The SMILES string of the molecule is CCC(C)(C(N)c1cccc(OC)c1F)N1CCCCC1. The summed E-state index contributed by atoms with van der Waals surface area (Å²) in [5, 5.41) is 0. The first-order chi connectivity index (χ1) is 10.0. The van der Waals surface area contributed by atoms with E-state index in [1.54, 1.807) is 12.1 Å². The minimum Gasteiger partial charge on any atom is -0.494 e. The van der Waals surface area contributed by atoms with Crippen LogP contribution in [0.4, 0.5) is 4.39 Å². The van der Waals surface area contributed by atoms with Crippen molar-refractivity contribution in [3.8, 4) is 5.75 Å². The molecule has 2 rings (SSSR count). The van der Waals surface area contributed by atoms with Gasteiger partial charge in [0.05, 0.1) is 13.2 Å². The Morgan fingerprint density at radius 2 is 2.00 bits per heavy atom. The van der Waals surface area contributed by atoms with E-state index < -0.39 is 0 Å². The predicted molar refractivity (Wildman–Crippen MR) is 84.0 cm³/mol. The molecule has 0 radical (unpaired) electrons. The van der Waals surface area contributed by atoms with Gasteiger partial charge in [0, 0.05) is 11.1 Å². The fraction of sp³-hybridized carbons (Fsp3) is 0.647. The Hall–Kier alpha value is -1.13. The second-order valence-corrected chi connectivity index (χ2v) is 6.10. The second-order valence-electron chi connectivity index (χ2n) is 6.10. The predicted octanol–water partition coefficient (Wildman–Crippen LogP) is 3.49. The first-order valence-corrected chi connectivity index (χ1v) is 7.87. The smallest absolute Gasteiger partial charge is 0.169 e. The van der Waals surface area contributed by atoms with E-state index in [1.165, 1.54) is 26.4 Å². The van der Waals surface area contributed by atoms with Crippen molar-refractivity contribution in [1.82, 2.24) is 4.90 Å². The van der Waals surface area contributed by atoms with E-state index >= 15 is 0 Å². The molecule has 0 aliphatic carbocycles. The quantitative estimate of drug-likeness (QED) is 0.903. The molecule has 3 nitrogen and oxygen atoms in total. The number of halogens is 1. The summed E-state index contributed by atoms with van der Waals surface area (Å²) in [5.41, 5.74) is 6.82. The van der Waals surface area contributed by atoms with Gasteiger partial charge >= 0.3 is 0 Å². The molecular weight excluding hydrogens is 267 g/mol. The zero-order valence-corrected chi connectivity index (χ0v) is 13.4. The number of piperidine rings is 1. The largest absolute Gasteiger partial charge is 0.494 e. The third kappa shape index (κ3) is 3.06. The molecule has 1 aliphatic heterocycles. The van der Waals surface area contributed by atoms with Crippen molar-refractivity contribution in [2.45, 2.75) is 51.1 Å². The lowest BCUT2D eigenvalue weighted by Crippen LogP contribution is -2.54. The molecule has 1 saturated heterocycles. The van der Waals surface area contributed by atoms with Gasteiger partial charge < -0.3 is 10.5 Å². The van der Waals surface area contributed by atoms with Gasteiger partial charge in [-0.05, 0) is 45.3 Å². The summed E-state index contributed by atoms with van der Waals surface area (Å²) in [6.45, 7) is 6.38. The number of rotatable bonds is 5. The van der Waals surface area contributed by atoms with Crippen molar-refractivity contribution in [1.29, 1.82) is 0 Å². The maximum absolute atomic E-state index is 14.5. The molecule has 21 heavy (non-hydrogen) atoms. The van der Waals surface area contributed by atoms with Crippen LogP contribution in [0.2, 0.25) is 0 Å². The highest BCUT2D eigenvalue weighted by atomic mass is 19.1. The normalized spacial score (nSPS) is 20.8. The summed E-state index contributed by atoms with van der Waals surface area (Å²) < 4.78 is 19.6. The van der Waals surface area contributed by atoms with Crippen LogP contribution in [0, 0.1) is 5.82 Å². The number of likely N-dealkylation sites (tertiary alicyclic amines) is 1. The van der Waals surface area contributed by atoms with Crippen LogP contribution in [0.5, 0.6) is 5.75 Å². The lowest BCUT2D eigenvalue weighted by molar-refractivity contribution is 0.0532. The minimum absolute atomic E-state index is 0.229. The first kappa shape index (κ1) is 16.2. The fourth-order valence-electron chi connectivity index (χ4n) is 3.31. The number of nitrogens with zero attached hydrogens (tertiary/aromatic N) is 1. The molecule has 4 heteroatoms. The van der Waals surface area contributed by atoms with Crippen molar-refractivity contribution >= 4 is 0 Å². The maximum Gasteiger partial charge on any atom is 0.169 e. The topological polar surface area (TPSA) is 38.5 Å². The lowest BCUT2D eigenvalue weighted by Gasteiger charge is -2.47. The minimum atomic E-state index is -0.365. The average molecular weight is 294 g/mol. The number of ether oxygens (including phenoxy) is 1. The van der Waals surface area contributed by atoms with Crippen LogP contribution in [0.15, 0.2) is 18.2 Å². The molecule has 1 aliphatic rings. The monoisotopic (exact) mass is 294 g/mol. The van der Waals surface area contributed by atoms with E-state index in [-0.39, 0.29) is 23.1 Å². The summed E-state index contributed by atoms with van der Waals surface area (Å²) in [5.74, 6) is -0.0655. The van der Waals surface area contributed by atoms with Crippen LogP contribution in [0.3, 0.4) is 0 Å². The number of methoxy groups -OCH3 is 1. The Kier molecular flexibility index (Phi) is 5.22. The molecular formula is C17H27FN2O. The van der Waals surface area contributed by atoms with Gasteiger partial charge in [0.15, 0.2) is 11.6 Å². The highest BCUT2D eigenvalue weighted by Crippen LogP contribution is 2.37. The Morgan fingerprint density at radius 1 is 1.33 bits per heavy atom. The summed E-state index contributed by atoms with van der Waals surface area (Å²) in [4.78, 5) is 2.43. The molecule has 1 fully saturated rings. The molecule has 2 N–H and O–H groups in total. The van der Waals surface area contributed by atoms with Crippen LogP contribution < -0.4 is 10.5 Å². The number of benzene rings is 1. The van der Waals surface area contributed by atoms with Gasteiger partial charge in [-0.1, -0.05) is 25.5 Å². The van der Waals surface area contributed by atoms with Gasteiger partial charge in [0.2, 0.25) is 0 Å². The van der Waals surface area contributed by atoms with Crippen LogP contribution >= 0.6 is 0 Å². The van der Waals surface area contributed by atoms with Crippen LogP contribution in [0.1, 0.15) is 51.1 Å². The molecule has 1 aromatic rings. The van der Waals surface area contributed by atoms with Crippen molar-refractivity contribution in [3.63, 3.8) is 0 Å². The second kappa shape index (κ2) is 6.75. The van der Waals surface area contributed by atoms with Crippen molar-refractivity contribution < 1.29 is 9.13 Å². The molecule has 0 aromatic heterocycles. The molecule has 2 unspecified atom stereocenters. The molecule has 2 atom stereocenters. The van der Waals surface area contributed by atoms with Gasteiger partial charge in [-0.2, -0.15) is 0 Å². The number of hydrogen-bond acceptors (Lipinski definition) is 3. The zero-order valence-electron chi connectivity index (χ0n) is 13.4. The van der Waals surface area contributed by atoms with Gasteiger partial charge in [0.1, 0.15) is 0 Å². The van der Waals surface area contributed by atoms with E-state index in [4.69, 9.17) is 10.5 Å². The Balaban J connectivity index is 2.33. The molecule has 0 bridgehead atoms. The molecule has 1 heterocycles. The number of nitrogens with two attached hydrogens (primary N) is 1. The van der Waals surface area contributed by atoms with Crippen LogP contribution in [-0.4, -0.2) is 30.6 Å². The van der Waals surface area contributed by atoms with E-state index in [9.17, 15) is 4.39 Å².